The van der Waals surface area contributed by atoms with Crippen molar-refractivity contribution in [3.63, 3.8) is 0 Å². The molecule has 0 heterocycles. The van der Waals surface area contributed by atoms with Crippen LogP contribution in [0.2, 0.25) is 5.02 Å². The molecule has 0 aliphatic carbocycles. The molecular formula is C13H16ClNO3. The van der Waals surface area contributed by atoms with Crippen molar-refractivity contribution in [3.8, 4) is 0 Å². The highest BCUT2D eigenvalue weighted by Gasteiger charge is 2.06. The van der Waals surface area contributed by atoms with Crippen LogP contribution in [0.1, 0.15) is 30.1 Å². The number of amides is 1. The summed E-state index contributed by atoms with van der Waals surface area (Å²) in [6, 6.07) is 6.55. The Morgan fingerprint density at radius 1 is 1.28 bits per heavy atom. The normalized spacial score (nSPS) is 9.89. The van der Waals surface area contributed by atoms with Crippen molar-refractivity contribution >= 4 is 23.5 Å². The lowest BCUT2D eigenvalue weighted by Crippen LogP contribution is -2.26. The maximum absolute atomic E-state index is 11.6. The molecule has 1 aromatic carbocycles. The summed E-state index contributed by atoms with van der Waals surface area (Å²) in [4.78, 5) is 22.8. The first-order chi connectivity index (χ1) is 8.63. The summed E-state index contributed by atoms with van der Waals surface area (Å²) in [7, 11) is 0. The van der Waals surface area contributed by atoms with E-state index in [1.165, 1.54) is 0 Å². The number of hydrogen-bond acceptors (Lipinski definition) is 3. The molecule has 0 aliphatic rings. The first-order valence-corrected chi connectivity index (χ1v) is 6.20. The molecular weight excluding hydrogens is 254 g/mol. The van der Waals surface area contributed by atoms with Gasteiger partial charge in [-0.3, -0.25) is 9.59 Å². The van der Waals surface area contributed by atoms with Crippen molar-refractivity contribution in [2.75, 3.05) is 13.2 Å². The molecule has 5 heteroatoms. The predicted molar refractivity (Wildman–Crippen MR) is 69.7 cm³/mol. The van der Waals surface area contributed by atoms with Gasteiger partial charge >= 0.3 is 5.97 Å². The smallest absolute Gasteiger partial charge is 0.307 e. The molecule has 1 amide bonds. The van der Waals surface area contributed by atoms with Gasteiger partial charge in [0.1, 0.15) is 0 Å². The van der Waals surface area contributed by atoms with Gasteiger partial charge in [0, 0.05) is 17.1 Å². The number of benzene rings is 1. The number of hydrogen-bond donors (Lipinski definition) is 1. The van der Waals surface area contributed by atoms with Crippen LogP contribution < -0.4 is 5.32 Å². The number of ether oxygens (including phenoxy) is 1. The minimum Gasteiger partial charge on any atom is -0.466 e. The summed E-state index contributed by atoms with van der Waals surface area (Å²) in [5, 5.41) is 3.22. The van der Waals surface area contributed by atoms with E-state index < -0.39 is 0 Å². The van der Waals surface area contributed by atoms with Crippen molar-refractivity contribution in [3.05, 3.63) is 34.9 Å². The largest absolute Gasteiger partial charge is 0.466 e. The van der Waals surface area contributed by atoms with E-state index in [2.05, 4.69) is 5.32 Å². The predicted octanol–water partition coefficient (Wildman–Crippen LogP) is 2.41. The lowest BCUT2D eigenvalue weighted by atomic mass is 10.2. The molecule has 0 atom stereocenters. The molecule has 1 N–H and O–H groups in total. The molecule has 0 aromatic heterocycles. The Morgan fingerprint density at radius 2 is 1.94 bits per heavy atom. The lowest BCUT2D eigenvalue weighted by Gasteiger charge is -2.05. The highest BCUT2D eigenvalue weighted by Crippen LogP contribution is 2.09. The Kier molecular flexibility index (Phi) is 6.22. The van der Waals surface area contributed by atoms with E-state index in [0.717, 1.165) is 6.42 Å². The van der Waals surface area contributed by atoms with Gasteiger partial charge < -0.3 is 10.1 Å². The van der Waals surface area contributed by atoms with Crippen LogP contribution in [0.3, 0.4) is 0 Å². The summed E-state index contributed by atoms with van der Waals surface area (Å²) < 4.78 is 4.89. The van der Waals surface area contributed by atoms with Gasteiger partial charge in [0.25, 0.3) is 5.91 Å². The van der Waals surface area contributed by atoms with E-state index in [-0.39, 0.29) is 24.8 Å². The van der Waals surface area contributed by atoms with Crippen molar-refractivity contribution in [1.82, 2.24) is 5.32 Å². The average Bonchev–Trinajstić information content (AvgIpc) is 2.37. The number of halogens is 1. The van der Waals surface area contributed by atoms with Crippen LogP contribution in [-0.2, 0) is 9.53 Å². The fourth-order valence-electron chi connectivity index (χ4n) is 1.27. The summed E-state index contributed by atoms with van der Waals surface area (Å²) in [6.45, 7) is 2.61. The lowest BCUT2D eigenvalue weighted by molar-refractivity contribution is -0.143. The highest BCUT2D eigenvalue weighted by atomic mass is 35.5. The number of rotatable bonds is 6. The maximum atomic E-state index is 11.6. The van der Waals surface area contributed by atoms with Crippen molar-refractivity contribution in [2.24, 2.45) is 0 Å². The molecule has 98 valence electrons. The quantitative estimate of drug-likeness (QED) is 0.807. The average molecular weight is 270 g/mol. The zero-order chi connectivity index (χ0) is 13.4. The summed E-state index contributed by atoms with van der Waals surface area (Å²) >= 11 is 5.72. The van der Waals surface area contributed by atoms with Crippen LogP contribution >= 0.6 is 11.6 Å². The fraction of sp³-hybridized carbons (Fsp3) is 0.385. The first kappa shape index (κ1) is 14.5. The molecule has 0 saturated heterocycles. The second-order valence-corrected chi connectivity index (χ2v) is 4.17. The van der Waals surface area contributed by atoms with E-state index in [9.17, 15) is 9.59 Å². The van der Waals surface area contributed by atoms with Crippen LogP contribution in [0.4, 0.5) is 0 Å². The second kappa shape index (κ2) is 7.71. The van der Waals surface area contributed by atoms with Gasteiger partial charge in [-0.05, 0) is 30.7 Å². The molecule has 0 bridgehead atoms. The minimum atomic E-state index is -0.298. The van der Waals surface area contributed by atoms with Gasteiger partial charge in [0.2, 0.25) is 0 Å². The molecule has 0 saturated carbocycles. The van der Waals surface area contributed by atoms with Gasteiger partial charge in [0.05, 0.1) is 13.0 Å². The SMILES string of the molecule is CCCOC(=O)CCNC(=O)c1ccc(Cl)cc1. The Labute approximate surface area is 111 Å². The molecule has 1 rings (SSSR count). The van der Waals surface area contributed by atoms with Crippen LogP contribution in [0.15, 0.2) is 24.3 Å². The van der Waals surface area contributed by atoms with E-state index in [1.54, 1.807) is 24.3 Å². The first-order valence-electron chi connectivity index (χ1n) is 5.83. The Morgan fingerprint density at radius 3 is 2.56 bits per heavy atom. The zero-order valence-corrected chi connectivity index (χ0v) is 11.0. The number of esters is 1. The van der Waals surface area contributed by atoms with Gasteiger partial charge in [-0.2, -0.15) is 0 Å². The number of carbonyl (C=O) groups excluding carboxylic acids is 2. The Hall–Kier alpha value is -1.55. The molecule has 0 radical (unpaired) electrons. The van der Waals surface area contributed by atoms with E-state index >= 15 is 0 Å². The molecule has 1 aromatic rings. The number of nitrogens with one attached hydrogen (secondary N) is 1. The molecule has 0 spiro atoms. The van der Waals surface area contributed by atoms with Gasteiger partial charge in [-0.15, -0.1) is 0 Å². The third-order valence-electron chi connectivity index (χ3n) is 2.19. The zero-order valence-electron chi connectivity index (χ0n) is 10.2. The highest BCUT2D eigenvalue weighted by molar-refractivity contribution is 6.30. The van der Waals surface area contributed by atoms with Crippen molar-refractivity contribution < 1.29 is 14.3 Å². The molecule has 0 aliphatic heterocycles. The van der Waals surface area contributed by atoms with Crippen molar-refractivity contribution in [2.45, 2.75) is 19.8 Å². The van der Waals surface area contributed by atoms with Gasteiger partial charge in [0.15, 0.2) is 0 Å². The Balaban J connectivity index is 2.29. The summed E-state index contributed by atoms with van der Waals surface area (Å²) in [5.74, 6) is -0.525. The second-order valence-electron chi connectivity index (χ2n) is 3.73. The maximum Gasteiger partial charge on any atom is 0.307 e. The van der Waals surface area contributed by atoms with Crippen LogP contribution in [0, 0.1) is 0 Å². The molecule has 0 unspecified atom stereocenters. The topological polar surface area (TPSA) is 55.4 Å². The van der Waals surface area contributed by atoms with Crippen molar-refractivity contribution in [1.29, 1.82) is 0 Å². The van der Waals surface area contributed by atoms with Gasteiger partial charge in [-0.25, -0.2) is 0 Å². The Bertz CT molecular complexity index is 403. The standard InChI is InChI=1S/C13H16ClNO3/c1-2-9-18-12(16)7-8-15-13(17)10-3-5-11(14)6-4-10/h3-6H,2,7-9H2,1H3,(H,15,17). The molecule has 0 fully saturated rings. The minimum absolute atomic E-state index is 0.180. The monoisotopic (exact) mass is 269 g/mol. The van der Waals surface area contributed by atoms with E-state index in [4.69, 9.17) is 16.3 Å². The van der Waals surface area contributed by atoms with E-state index in [1.807, 2.05) is 6.92 Å². The number of carbonyl (C=O) groups is 2. The van der Waals surface area contributed by atoms with Crippen LogP contribution in [0.25, 0.3) is 0 Å². The third kappa shape index (κ3) is 5.19. The molecule has 4 nitrogen and oxygen atoms in total. The fourth-order valence-corrected chi connectivity index (χ4v) is 1.40. The molecule has 18 heavy (non-hydrogen) atoms. The summed E-state index contributed by atoms with van der Waals surface area (Å²) in [5.41, 5.74) is 0.515. The van der Waals surface area contributed by atoms with E-state index in [0.29, 0.717) is 17.2 Å². The van der Waals surface area contributed by atoms with Crippen LogP contribution in [0.5, 0.6) is 0 Å². The van der Waals surface area contributed by atoms with Crippen LogP contribution in [-0.4, -0.2) is 25.0 Å². The van der Waals surface area contributed by atoms with Gasteiger partial charge in [-0.1, -0.05) is 18.5 Å². The summed E-state index contributed by atoms with van der Waals surface area (Å²) in [6.07, 6.45) is 0.974. The third-order valence-corrected chi connectivity index (χ3v) is 2.44.